The van der Waals surface area contributed by atoms with Crippen LogP contribution >= 0.6 is 0 Å². The van der Waals surface area contributed by atoms with Gasteiger partial charge in [0.05, 0.1) is 31.1 Å². The molecule has 0 bridgehead atoms. The predicted molar refractivity (Wildman–Crippen MR) is 136 cm³/mol. The minimum atomic E-state index is -0.830. The molecule has 1 saturated heterocycles. The standard InChI is InChI=1S/C28H40N2O5/c1-7-16(4)21(15-31)30-25(26(32)29-24-17(5)11-10-12-18(24)6)20-14-13-19(8-2)22(23(20)27(30)33)28(34)35-9-3/h10-14,16,19-23,25,31H,7-9,15H2,1-6H3,(H,29,32)/t16-,19+,20-,21-,22+,23-,25-/m0/s1. The molecular weight excluding hydrogens is 444 g/mol. The molecule has 1 aromatic rings. The fourth-order valence-electron chi connectivity index (χ4n) is 5.77. The number of nitrogens with zero attached hydrogens (tertiary/aromatic N) is 1. The lowest BCUT2D eigenvalue weighted by Gasteiger charge is -2.36. The van der Waals surface area contributed by atoms with Crippen LogP contribution < -0.4 is 5.32 Å². The van der Waals surface area contributed by atoms with Crippen LogP contribution in [0, 0.1) is 43.4 Å². The molecular formula is C28H40N2O5. The summed E-state index contributed by atoms with van der Waals surface area (Å²) in [6.07, 6.45) is 5.33. The van der Waals surface area contributed by atoms with E-state index in [1.807, 2.05) is 65.0 Å². The Morgan fingerprint density at radius 3 is 2.34 bits per heavy atom. The summed E-state index contributed by atoms with van der Waals surface area (Å²) in [4.78, 5) is 42.6. The summed E-state index contributed by atoms with van der Waals surface area (Å²) >= 11 is 0. The Kier molecular flexibility index (Phi) is 8.75. The number of likely N-dealkylation sites (tertiary alicyclic amines) is 1. The number of aliphatic hydroxyl groups excluding tert-OH is 1. The van der Waals surface area contributed by atoms with E-state index in [0.717, 1.165) is 23.2 Å². The Hall–Kier alpha value is -2.67. The highest BCUT2D eigenvalue weighted by molar-refractivity contribution is 6.02. The van der Waals surface area contributed by atoms with Crippen molar-refractivity contribution in [2.75, 3.05) is 18.5 Å². The molecule has 1 heterocycles. The first-order chi connectivity index (χ1) is 16.7. The van der Waals surface area contributed by atoms with Crippen molar-refractivity contribution >= 4 is 23.5 Å². The lowest BCUT2D eigenvalue weighted by Crippen LogP contribution is -2.52. The lowest BCUT2D eigenvalue weighted by atomic mass is 9.69. The summed E-state index contributed by atoms with van der Waals surface area (Å²) < 4.78 is 5.39. The van der Waals surface area contributed by atoms with Gasteiger partial charge in [0.2, 0.25) is 11.8 Å². The highest BCUT2D eigenvalue weighted by Gasteiger charge is 2.59. The van der Waals surface area contributed by atoms with E-state index in [0.29, 0.717) is 6.42 Å². The number of benzene rings is 1. The number of para-hydroxylation sites is 1. The monoisotopic (exact) mass is 484 g/mol. The maximum atomic E-state index is 14.0. The predicted octanol–water partition coefficient (Wildman–Crippen LogP) is 3.87. The van der Waals surface area contributed by atoms with Crippen molar-refractivity contribution in [2.24, 2.45) is 29.6 Å². The van der Waals surface area contributed by atoms with Crippen molar-refractivity contribution in [1.82, 2.24) is 4.90 Å². The van der Waals surface area contributed by atoms with E-state index in [2.05, 4.69) is 5.32 Å². The molecule has 0 unspecified atom stereocenters. The number of anilines is 1. The van der Waals surface area contributed by atoms with Crippen LogP contribution in [0.4, 0.5) is 5.69 Å². The molecule has 7 heteroatoms. The number of rotatable bonds is 9. The van der Waals surface area contributed by atoms with Crippen LogP contribution in [0.2, 0.25) is 0 Å². The summed E-state index contributed by atoms with van der Waals surface area (Å²) in [6.45, 7) is 11.6. The van der Waals surface area contributed by atoms with Crippen LogP contribution in [0.3, 0.4) is 0 Å². The van der Waals surface area contributed by atoms with Gasteiger partial charge >= 0.3 is 5.97 Å². The van der Waals surface area contributed by atoms with E-state index in [1.165, 1.54) is 0 Å². The van der Waals surface area contributed by atoms with E-state index in [-0.39, 0.29) is 36.9 Å². The molecule has 0 radical (unpaired) electrons. The van der Waals surface area contributed by atoms with Gasteiger partial charge in [-0.3, -0.25) is 14.4 Å². The van der Waals surface area contributed by atoms with Crippen LogP contribution in [-0.4, -0.2) is 53.1 Å². The Balaban J connectivity index is 2.10. The van der Waals surface area contributed by atoms with Crippen molar-refractivity contribution < 1.29 is 24.2 Å². The van der Waals surface area contributed by atoms with Gasteiger partial charge in [0.15, 0.2) is 0 Å². The molecule has 1 fully saturated rings. The number of nitrogens with one attached hydrogen (secondary N) is 1. The number of hydrogen-bond acceptors (Lipinski definition) is 5. The van der Waals surface area contributed by atoms with Crippen LogP contribution in [0.15, 0.2) is 30.4 Å². The van der Waals surface area contributed by atoms with Crippen molar-refractivity contribution in [3.63, 3.8) is 0 Å². The zero-order valence-corrected chi connectivity index (χ0v) is 21.8. The zero-order chi connectivity index (χ0) is 25.9. The second-order valence-corrected chi connectivity index (χ2v) is 9.92. The average Bonchev–Trinajstić information content (AvgIpc) is 3.13. The molecule has 1 aliphatic heterocycles. The second-order valence-electron chi connectivity index (χ2n) is 9.92. The van der Waals surface area contributed by atoms with Gasteiger partial charge in [0.1, 0.15) is 6.04 Å². The zero-order valence-electron chi connectivity index (χ0n) is 21.8. The summed E-state index contributed by atoms with van der Waals surface area (Å²) in [6, 6.07) is 4.45. The van der Waals surface area contributed by atoms with E-state index in [4.69, 9.17) is 4.74 Å². The molecule has 7 nitrogen and oxygen atoms in total. The first-order valence-corrected chi connectivity index (χ1v) is 12.9. The number of carbonyl (C=O) groups excluding carboxylic acids is 3. The quantitative estimate of drug-likeness (QED) is 0.410. The topological polar surface area (TPSA) is 95.9 Å². The molecule has 2 N–H and O–H groups in total. The van der Waals surface area contributed by atoms with Crippen molar-refractivity contribution in [1.29, 1.82) is 0 Å². The SMILES string of the molecule is CCOC(=O)[C@H]1[C@H]2C(=O)N([C@@H](CO)[C@@H](C)CC)[C@H](C(=O)Nc3c(C)cccc3C)[C@H]2C=C[C@H]1CC. The molecule has 1 aliphatic carbocycles. The fourth-order valence-corrected chi connectivity index (χ4v) is 5.77. The normalized spacial score (nSPS) is 27.3. The van der Waals surface area contributed by atoms with Gasteiger partial charge in [-0.05, 0) is 50.2 Å². The maximum absolute atomic E-state index is 14.0. The van der Waals surface area contributed by atoms with Gasteiger partial charge in [-0.25, -0.2) is 0 Å². The van der Waals surface area contributed by atoms with Crippen LogP contribution in [0.1, 0.15) is 51.7 Å². The first kappa shape index (κ1) is 26.9. The van der Waals surface area contributed by atoms with E-state index in [9.17, 15) is 19.5 Å². The molecule has 0 aromatic heterocycles. The van der Waals surface area contributed by atoms with Gasteiger partial charge in [-0.2, -0.15) is 0 Å². The number of fused-ring (bicyclic) bond motifs is 1. The molecule has 7 atom stereocenters. The Morgan fingerprint density at radius 2 is 1.80 bits per heavy atom. The summed E-state index contributed by atoms with van der Waals surface area (Å²) in [5.41, 5.74) is 2.59. The van der Waals surface area contributed by atoms with Gasteiger partial charge in [-0.1, -0.05) is 57.5 Å². The van der Waals surface area contributed by atoms with Crippen LogP contribution in [0.25, 0.3) is 0 Å². The number of aliphatic hydroxyl groups is 1. The Labute approximate surface area is 208 Å². The van der Waals surface area contributed by atoms with Gasteiger partial charge in [0, 0.05) is 11.6 Å². The number of hydrogen-bond donors (Lipinski definition) is 2. The number of aryl methyl sites for hydroxylation is 2. The van der Waals surface area contributed by atoms with Crippen molar-refractivity contribution in [2.45, 2.75) is 66.5 Å². The molecule has 35 heavy (non-hydrogen) atoms. The molecule has 2 aliphatic rings. The molecule has 0 saturated carbocycles. The maximum Gasteiger partial charge on any atom is 0.310 e. The van der Waals surface area contributed by atoms with Crippen molar-refractivity contribution in [3.8, 4) is 0 Å². The third-order valence-corrected chi connectivity index (χ3v) is 7.92. The van der Waals surface area contributed by atoms with Crippen LogP contribution in [0.5, 0.6) is 0 Å². The number of esters is 1. The molecule has 0 spiro atoms. The smallest absolute Gasteiger partial charge is 0.310 e. The summed E-state index contributed by atoms with van der Waals surface area (Å²) in [5.74, 6) is -2.95. The highest BCUT2D eigenvalue weighted by Crippen LogP contribution is 2.47. The van der Waals surface area contributed by atoms with Gasteiger partial charge in [0.25, 0.3) is 0 Å². The first-order valence-electron chi connectivity index (χ1n) is 12.9. The Bertz CT molecular complexity index is 954. The Morgan fingerprint density at radius 1 is 1.14 bits per heavy atom. The molecule has 3 rings (SSSR count). The average molecular weight is 485 g/mol. The number of carbonyl (C=O) groups is 3. The van der Waals surface area contributed by atoms with Gasteiger partial charge in [-0.15, -0.1) is 0 Å². The molecule has 1 aromatic carbocycles. The lowest BCUT2D eigenvalue weighted by molar-refractivity contribution is -0.156. The number of amides is 2. The van der Waals surface area contributed by atoms with Crippen molar-refractivity contribution in [3.05, 3.63) is 41.5 Å². The fraction of sp³-hybridized carbons (Fsp3) is 0.607. The molecule has 2 amide bonds. The summed E-state index contributed by atoms with van der Waals surface area (Å²) in [7, 11) is 0. The highest BCUT2D eigenvalue weighted by atomic mass is 16.5. The third kappa shape index (κ3) is 5.01. The largest absolute Gasteiger partial charge is 0.466 e. The van der Waals surface area contributed by atoms with E-state index < -0.39 is 35.8 Å². The minimum Gasteiger partial charge on any atom is -0.466 e. The van der Waals surface area contributed by atoms with Gasteiger partial charge < -0.3 is 20.1 Å². The molecule has 192 valence electrons. The number of allylic oxidation sites excluding steroid dienone is 1. The second kappa shape index (κ2) is 11.4. The van der Waals surface area contributed by atoms with Crippen LogP contribution in [-0.2, 0) is 19.1 Å². The van der Waals surface area contributed by atoms with E-state index in [1.54, 1.807) is 11.8 Å². The number of ether oxygens (including phenoxy) is 1. The minimum absolute atomic E-state index is 0.0217. The third-order valence-electron chi connectivity index (χ3n) is 7.92. The van der Waals surface area contributed by atoms with E-state index >= 15 is 0 Å². The summed E-state index contributed by atoms with van der Waals surface area (Å²) in [5, 5.41) is 13.4.